The van der Waals surface area contributed by atoms with Gasteiger partial charge in [0.05, 0.1) is 18.4 Å². The number of aromatic nitrogens is 1. The normalized spacial score (nSPS) is 20.1. The van der Waals surface area contributed by atoms with Crippen LogP contribution in [0.5, 0.6) is 0 Å². The van der Waals surface area contributed by atoms with E-state index < -0.39 is 0 Å². The van der Waals surface area contributed by atoms with Crippen LogP contribution in [-0.4, -0.2) is 54.0 Å². The maximum Gasteiger partial charge on any atom is 0.243 e. The number of rotatable bonds is 6. The molecule has 2 atom stereocenters. The highest BCUT2D eigenvalue weighted by molar-refractivity contribution is 5.94. The largest absolute Gasteiger partial charge is 0.354 e. The first-order chi connectivity index (χ1) is 14.1. The number of carbonyl (C=O) groups excluding carboxylic acids is 1. The van der Waals surface area contributed by atoms with E-state index in [1.807, 2.05) is 6.07 Å². The fourth-order valence-electron chi connectivity index (χ4n) is 3.60. The van der Waals surface area contributed by atoms with Crippen LogP contribution in [0.15, 0.2) is 59.9 Å². The monoisotopic (exact) mass is 394 g/mol. The molecule has 7 heteroatoms. The van der Waals surface area contributed by atoms with Crippen LogP contribution in [0, 0.1) is 0 Å². The summed E-state index contributed by atoms with van der Waals surface area (Å²) in [5.41, 5.74) is 2.03. The summed E-state index contributed by atoms with van der Waals surface area (Å²) in [6, 6.07) is 15.0. The first-order valence-corrected chi connectivity index (χ1v) is 10.1. The van der Waals surface area contributed by atoms with Gasteiger partial charge in [0.15, 0.2) is 5.96 Å². The van der Waals surface area contributed by atoms with Crippen molar-refractivity contribution in [1.82, 2.24) is 20.5 Å². The molecule has 154 valence electrons. The number of aliphatic imine (C=N–C) groups is 1. The molecule has 3 N–H and O–H groups in total. The van der Waals surface area contributed by atoms with Gasteiger partial charge in [0, 0.05) is 38.4 Å². The number of anilines is 1. The van der Waals surface area contributed by atoms with Crippen LogP contribution >= 0.6 is 0 Å². The number of hydrogen-bond acceptors (Lipinski definition) is 4. The molecule has 29 heavy (non-hydrogen) atoms. The Morgan fingerprint density at radius 2 is 2.07 bits per heavy atom. The van der Waals surface area contributed by atoms with Gasteiger partial charge in [-0.1, -0.05) is 30.3 Å². The zero-order valence-electron chi connectivity index (χ0n) is 17.1. The average Bonchev–Trinajstić information content (AvgIpc) is 2.74. The lowest BCUT2D eigenvalue weighted by molar-refractivity contribution is -0.115. The summed E-state index contributed by atoms with van der Waals surface area (Å²) in [6.45, 7) is 4.44. The zero-order valence-corrected chi connectivity index (χ0v) is 17.1. The first kappa shape index (κ1) is 20.8. The Balaban J connectivity index is 1.42. The van der Waals surface area contributed by atoms with Gasteiger partial charge in [-0.3, -0.25) is 19.7 Å². The molecule has 1 aromatic heterocycles. The highest BCUT2D eigenvalue weighted by Gasteiger charge is 2.26. The molecule has 1 aliphatic heterocycles. The second-order valence-electron chi connectivity index (χ2n) is 7.39. The number of guanidine groups is 1. The van der Waals surface area contributed by atoms with Gasteiger partial charge in [-0.25, -0.2) is 0 Å². The molecular formula is C22H30N6O. The van der Waals surface area contributed by atoms with Gasteiger partial charge < -0.3 is 16.0 Å². The molecule has 7 nitrogen and oxygen atoms in total. The summed E-state index contributed by atoms with van der Waals surface area (Å²) in [5.74, 6) is 0.520. The van der Waals surface area contributed by atoms with Gasteiger partial charge in [0.2, 0.25) is 5.91 Å². The molecule has 0 saturated carbocycles. The summed E-state index contributed by atoms with van der Waals surface area (Å²) in [4.78, 5) is 22.9. The van der Waals surface area contributed by atoms with Crippen LogP contribution in [0.1, 0.15) is 25.3 Å². The third-order valence-corrected chi connectivity index (χ3v) is 5.17. The van der Waals surface area contributed by atoms with Crippen LogP contribution in [0.4, 0.5) is 5.69 Å². The number of pyridine rings is 1. The van der Waals surface area contributed by atoms with Crippen LogP contribution in [0.3, 0.4) is 0 Å². The van der Waals surface area contributed by atoms with Gasteiger partial charge in [-0.2, -0.15) is 0 Å². The van der Waals surface area contributed by atoms with E-state index in [4.69, 9.17) is 0 Å². The number of amides is 1. The standard InChI is InChI=1S/C22H30N6O/c1-17-13-19(10-12-28(17)16-18-7-4-3-5-8-18)27-22(23-2)25-15-21(29)26-20-9-6-11-24-14-20/h3-9,11,14,17,19H,10,12-13,15-16H2,1-2H3,(H,26,29)(H2,23,25,27). The molecule has 2 aromatic rings. The molecule has 2 heterocycles. The summed E-state index contributed by atoms with van der Waals surface area (Å²) in [6.07, 6.45) is 5.37. The first-order valence-electron chi connectivity index (χ1n) is 10.1. The van der Waals surface area contributed by atoms with Crippen molar-refractivity contribution < 1.29 is 4.79 Å². The van der Waals surface area contributed by atoms with Gasteiger partial charge in [-0.15, -0.1) is 0 Å². The van der Waals surface area contributed by atoms with E-state index in [-0.39, 0.29) is 12.5 Å². The minimum atomic E-state index is -0.132. The molecule has 0 aliphatic carbocycles. The zero-order chi connectivity index (χ0) is 20.5. The van der Waals surface area contributed by atoms with Crippen molar-refractivity contribution in [2.45, 2.75) is 38.4 Å². The van der Waals surface area contributed by atoms with Gasteiger partial charge in [0.25, 0.3) is 0 Å². The Morgan fingerprint density at radius 3 is 2.76 bits per heavy atom. The van der Waals surface area contributed by atoms with Crippen LogP contribution in [0.2, 0.25) is 0 Å². The number of hydrogen-bond donors (Lipinski definition) is 3. The number of piperidine rings is 1. The van der Waals surface area contributed by atoms with Crippen molar-refractivity contribution in [2.24, 2.45) is 4.99 Å². The smallest absolute Gasteiger partial charge is 0.243 e. The van der Waals surface area contributed by atoms with Gasteiger partial charge in [0.1, 0.15) is 0 Å². The maximum absolute atomic E-state index is 12.1. The number of likely N-dealkylation sites (tertiary alicyclic amines) is 1. The molecule has 0 bridgehead atoms. The fourth-order valence-corrected chi connectivity index (χ4v) is 3.60. The van der Waals surface area contributed by atoms with E-state index in [1.165, 1.54) is 5.56 Å². The third kappa shape index (κ3) is 6.57. The minimum absolute atomic E-state index is 0.132. The molecule has 2 unspecified atom stereocenters. The lowest BCUT2D eigenvalue weighted by Crippen LogP contribution is -2.52. The predicted octanol–water partition coefficient (Wildman–Crippen LogP) is 2.24. The second-order valence-corrected chi connectivity index (χ2v) is 7.39. The second kappa shape index (κ2) is 10.6. The molecule has 1 fully saturated rings. The van der Waals surface area contributed by atoms with Crippen molar-refractivity contribution in [2.75, 3.05) is 25.5 Å². The molecule has 0 radical (unpaired) electrons. The van der Waals surface area contributed by atoms with Crippen molar-refractivity contribution in [1.29, 1.82) is 0 Å². The average molecular weight is 395 g/mol. The molecular weight excluding hydrogens is 364 g/mol. The van der Waals surface area contributed by atoms with Crippen LogP contribution in [-0.2, 0) is 11.3 Å². The van der Waals surface area contributed by atoms with Crippen molar-refractivity contribution in [3.05, 3.63) is 60.4 Å². The molecule has 0 spiro atoms. The van der Waals surface area contributed by atoms with Crippen molar-refractivity contribution >= 4 is 17.6 Å². The van der Waals surface area contributed by atoms with E-state index in [1.54, 1.807) is 25.5 Å². The topological polar surface area (TPSA) is 81.6 Å². The van der Waals surface area contributed by atoms with E-state index in [9.17, 15) is 4.79 Å². The predicted molar refractivity (Wildman–Crippen MR) is 117 cm³/mol. The molecule has 1 amide bonds. The molecule has 1 saturated heterocycles. The van der Waals surface area contributed by atoms with Crippen LogP contribution < -0.4 is 16.0 Å². The Labute approximate surface area is 172 Å². The summed E-state index contributed by atoms with van der Waals surface area (Å²) in [5, 5.41) is 9.36. The van der Waals surface area contributed by atoms with Gasteiger partial charge in [-0.05, 0) is 37.5 Å². The Kier molecular flexibility index (Phi) is 7.58. The van der Waals surface area contributed by atoms with E-state index >= 15 is 0 Å². The van der Waals surface area contributed by atoms with E-state index in [0.29, 0.717) is 23.7 Å². The highest BCUT2D eigenvalue weighted by atomic mass is 16.1. The summed E-state index contributed by atoms with van der Waals surface area (Å²) in [7, 11) is 1.72. The quantitative estimate of drug-likeness (QED) is 0.517. The van der Waals surface area contributed by atoms with Crippen LogP contribution in [0.25, 0.3) is 0 Å². The maximum atomic E-state index is 12.1. The summed E-state index contributed by atoms with van der Waals surface area (Å²) >= 11 is 0. The SMILES string of the molecule is CN=C(NCC(=O)Nc1cccnc1)NC1CCN(Cc2ccccc2)C(C)C1. The number of nitrogens with zero attached hydrogens (tertiary/aromatic N) is 3. The van der Waals surface area contributed by atoms with Gasteiger partial charge >= 0.3 is 0 Å². The third-order valence-electron chi connectivity index (χ3n) is 5.17. The lowest BCUT2D eigenvalue weighted by atomic mass is 9.97. The Hall–Kier alpha value is -2.93. The summed E-state index contributed by atoms with van der Waals surface area (Å²) < 4.78 is 0. The highest BCUT2D eigenvalue weighted by Crippen LogP contribution is 2.19. The van der Waals surface area contributed by atoms with Crippen molar-refractivity contribution in [3.8, 4) is 0 Å². The van der Waals surface area contributed by atoms with E-state index in [0.717, 1.165) is 25.9 Å². The molecule has 1 aliphatic rings. The number of carbonyl (C=O) groups is 1. The Morgan fingerprint density at radius 1 is 1.24 bits per heavy atom. The minimum Gasteiger partial charge on any atom is -0.354 e. The number of benzene rings is 1. The van der Waals surface area contributed by atoms with E-state index in [2.05, 4.69) is 68.1 Å². The Bertz CT molecular complexity index is 795. The molecule has 3 rings (SSSR count). The van der Waals surface area contributed by atoms with Crippen molar-refractivity contribution in [3.63, 3.8) is 0 Å². The molecule has 1 aromatic carbocycles. The lowest BCUT2D eigenvalue weighted by Gasteiger charge is -2.38. The number of nitrogens with one attached hydrogen (secondary N) is 3. The fraction of sp³-hybridized carbons (Fsp3) is 0.409.